The Morgan fingerprint density at radius 1 is 1.39 bits per heavy atom. The summed E-state index contributed by atoms with van der Waals surface area (Å²) in [5.74, 6) is 0. The third-order valence-electron chi connectivity index (χ3n) is 2.29. The number of halogens is 1. The Morgan fingerprint density at radius 2 is 2.06 bits per heavy atom. The number of thiophene rings is 1. The summed E-state index contributed by atoms with van der Waals surface area (Å²) in [5, 5.41) is 3.83. The number of hydrogen-bond acceptors (Lipinski definition) is 5. The normalized spacial score (nSPS) is 11.9. The molecule has 2 aromatic heterocycles. The maximum atomic E-state index is 12.2. The molecule has 0 aliphatic carbocycles. The zero-order chi connectivity index (χ0) is 13.2. The third kappa shape index (κ3) is 2.86. The van der Waals surface area contributed by atoms with E-state index in [-0.39, 0.29) is 10.2 Å². The van der Waals surface area contributed by atoms with E-state index in [1.165, 1.54) is 35.1 Å². The molecule has 2 aromatic rings. The van der Waals surface area contributed by atoms with Crippen molar-refractivity contribution >= 4 is 33.0 Å². The number of aromatic nitrogens is 2. The largest absolute Gasteiger partial charge is 0.246 e. The first kappa shape index (κ1) is 13.4. The van der Waals surface area contributed by atoms with Gasteiger partial charge >= 0.3 is 0 Å². The highest BCUT2D eigenvalue weighted by atomic mass is 35.5. The minimum absolute atomic E-state index is 0.0226. The van der Waals surface area contributed by atoms with Crippen molar-refractivity contribution in [2.45, 2.75) is 11.4 Å². The smallest absolute Gasteiger partial charge is 0.225 e. The summed E-state index contributed by atoms with van der Waals surface area (Å²) in [7, 11) is -2.06. The summed E-state index contributed by atoms with van der Waals surface area (Å²) in [6, 6.07) is 1.88. The van der Waals surface area contributed by atoms with Gasteiger partial charge in [-0.2, -0.15) is 15.6 Å². The van der Waals surface area contributed by atoms with Gasteiger partial charge < -0.3 is 0 Å². The van der Waals surface area contributed by atoms with E-state index >= 15 is 0 Å². The van der Waals surface area contributed by atoms with Crippen LogP contribution >= 0.6 is 22.9 Å². The van der Waals surface area contributed by atoms with Gasteiger partial charge in [-0.25, -0.2) is 18.4 Å². The Bertz CT molecular complexity index is 611. The lowest BCUT2D eigenvalue weighted by atomic mass is 10.3. The van der Waals surface area contributed by atoms with Crippen LogP contribution in [0.15, 0.2) is 34.1 Å². The van der Waals surface area contributed by atoms with Gasteiger partial charge in [0, 0.05) is 13.6 Å². The summed E-state index contributed by atoms with van der Waals surface area (Å²) >= 11 is 7.05. The van der Waals surface area contributed by atoms with Gasteiger partial charge in [-0.05, 0) is 34.0 Å². The molecule has 2 rings (SSSR count). The summed E-state index contributed by atoms with van der Waals surface area (Å²) in [6.07, 6.45) is 2.41. The van der Waals surface area contributed by atoms with Gasteiger partial charge in [-0.3, -0.25) is 0 Å². The monoisotopic (exact) mass is 303 g/mol. The van der Waals surface area contributed by atoms with Crippen LogP contribution in [0.4, 0.5) is 0 Å². The van der Waals surface area contributed by atoms with E-state index in [9.17, 15) is 8.42 Å². The SMILES string of the molecule is CN(Cc1ccsc1)S(=O)(=O)c1cnc(Cl)nc1. The first-order chi connectivity index (χ1) is 8.50. The van der Waals surface area contributed by atoms with Gasteiger partial charge in [-0.15, -0.1) is 0 Å². The number of sulfonamides is 1. The first-order valence-corrected chi connectivity index (χ1v) is 7.71. The van der Waals surface area contributed by atoms with Crippen molar-refractivity contribution in [3.63, 3.8) is 0 Å². The molecule has 2 heterocycles. The molecule has 5 nitrogen and oxygen atoms in total. The summed E-state index contributed by atoms with van der Waals surface area (Å²) < 4.78 is 25.6. The molecule has 8 heteroatoms. The maximum Gasteiger partial charge on any atom is 0.246 e. The van der Waals surface area contributed by atoms with Crippen LogP contribution in [-0.4, -0.2) is 29.7 Å². The van der Waals surface area contributed by atoms with E-state index < -0.39 is 10.0 Å². The van der Waals surface area contributed by atoms with Gasteiger partial charge in [0.05, 0.1) is 12.4 Å². The molecule has 96 valence electrons. The second-order valence-electron chi connectivity index (χ2n) is 3.58. The minimum atomic E-state index is -3.58. The van der Waals surface area contributed by atoms with Crippen molar-refractivity contribution < 1.29 is 8.42 Å². The van der Waals surface area contributed by atoms with Crippen molar-refractivity contribution in [2.75, 3.05) is 7.05 Å². The van der Waals surface area contributed by atoms with E-state index in [1.807, 2.05) is 16.8 Å². The summed E-state index contributed by atoms with van der Waals surface area (Å²) in [4.78, 5) is 7.38. The van der Waals surface area contributed by atoms with Crippen LogP contribution < -0.4 is 0 Å². The Labute approximate surface area is 114 Å². The number of nitrogens with zero attached hydrogens (tertiary/aromatic N) is 3. The summed E-state index contributed by atoms with van der Waals surface area (Å²) in [5.41, 5.74) is 0.945. The molecule has 0 amide bonds. The van der Waals surface area contributed by atoms with Crippen LogP contribution in [0.1, 0.15) is 5.56 Å². The van der Waals surface area contributed by atoms with E-state index in [4.69, 9.17) is 11.6 Å². The molecule has 0 unspecified atom stereocenters. The molecule has 0 atom stereocenters. The highest BCUT2D eigenvalue weighted by Crippen LogP contribution is 2.17. The quantitative estimate of drug-likeness (QED) is 0.811. The predicted molar refractivity (Wildman–Crippen MR) is 70.0 cm³/mol. The van der Waals surface area contributed by atoms with Crippen LogP contribution in [-0.2, 0) is 16.6 Å². The van der Waals surface area contributed by atoms with Gasteiger partial charge in [0.2, 0.25) is 15.3 Å². The predicted octanol–water partition coefficient (Wildman–Crippen LogP) is 2.01. The Balaban J connectivity index is 2.22. The van der Waals surface area contributed by atoms with Gasteiger partial charge in [-0.1, -0.05) is 0 Å². The van der Waals surface area contributed by atoms with Crippen molar-refractivity contribution in [3.8, 4) is 0 Å². The highest BCUT2D eigenvalue weighted by Gasteiger charge is 2.21. The molecule has 0 aromatic carbocycles. The van der Waals surface area contributed by atoms with Gasteiger partial charge in [0.1, 0.15) is 4.90 Å². The molecule has 0 spiro atoms. The van der Waals surface area contributed by atoms with E-state index in [2.05, 4.69) is 9.97 Å². The van der Waals surface area contributed by atoms with Crippen molar-refractivity contribution in [3.05, 3.63) is 40.1 Å². The van der Waals surface area contributed by atoms with Gasteiger partial charge in [0.25, 0.3) is 0 Å². The molecule has 0 aliphatic rings. The number of rotatable bonds is 4. The molecule has 0 N–H and O–H groups in total. The van der Waals surface area contributed by atoms with Crippen LogP contribution in [0.3, 0.4) is 0 Å². The topological polar surface area (TPSA) is 63.2 Å². The first-order valence-electron chi connectivity index (χ1n) is 4.95. The zero-order valence-electron chi connectivity index (χ0n) is 9.45. The standard InChI is InChI=1S/C10H10ClN3O2S2/c1-14(6-8-2-3-17-7-8)18(15,16)9-4-12-10(11)13-5-9/h2-5,7H,6H2,1H3. The van der Waals surface area contributed by atoms with Crippen molar-refractivity contribution in [1.82, 2.24) is 14.3 Å². The Hall–Kier alpha value is -1.02. The second kappa shape index (κ2) is 5.31. The molecular weight excluding hydrogens is 294 g/mol. The minimum Gasteiger partial charge on any atom is -0.225 e. The lowest BCUT2D eigenvalue weighted by Crippen LogP contribution is -2.26. The highest BCUT2D eigenvalue weighted by molar-refractivity contribution is 7.89. The molecule has 18 heavy (non-hydrogen) atoms. The van der Waals surface area contributed by atoms with Gasteiger partial charge in [0.15, 0.2) is 0 Å². The fourth-order valence-corrected chi connectivity index (χ4v) is 3.15. The molecular formula is C10H10ClN3O2S2. The molecule has 0 aliphatic heterocycles. The average molecular weight is 304 g/mol. The van der Waals surface area contributed by atoms with E-state index in [0.717, 1.165) is 5.56 Å². The fourth-order valence-electron chi connectivity index (χ4n) is 1.34. The Morgan fingerprint density at radius 3 is 2.61 bits per heavy atom. The zero-order valence-corrected chi connectivity index (χ0v) is 11.8. The second-order valence-corrected chi connectivity index (χ2v) is 6.74. The number of hydrogen-bond donors (Lipinski definition) is 0. The average Bonchev–Trinajstić information content (AvgIpc) is 2.82. The fraction of sp³-hybridized carbons (Fsp3) is 0.200. The maximum absolute atomic E-state index is 12.2. The lowest BCUT2D eigenvalue weighted by molar-refractivity contribution is 0.466. The Kier molecular flexibility index (Phi) is 3.96. The molecule has 0 saturated carbocycles. The van der Waals surface area contributed by atoms with Crippen LogP contribution in [0.25, 0.3) is 0 Å². The van der Waals surface area contributed by atoms with Crippen molar-refractivity contribution in [2.24, 2.45) is 0 Å². The third-order valence-corrected chi connectivity index (χ3v) is 4.97. The van der Waals surface area contributed by atoms with Crippen LogP contribution in [0.5, 0.6) is 0 Å². The van der Waals surface area contributed by atoms with Crippen LogP contribution in [0, 0.1) is 0 Å². The van der Waals surface area contributed by atoms with E-state index in [0.29, 0.717) is 6.54 Å². The summed E-state index contributed by atoms with van der Waals surface area (Å²) in [6.45, 7) is 0.314. The van der Waals surface area contributed by atoms with E-state index in [1.54, 1.807) is 0 Å². The van der Waals surface area contributed by atoms with Crippen LogP contribution in [0.2, 0.25) is 5.28 Å². The molecule has 0 saturated heterocycles. The van der Waals surface area contributed by atoms with Crippen molar-refractivity contribution in [1.29, 1.82) is 0 Å². The molecule has 0 radical (unpaired) electrons. The molecule has 0 bridgehead atoms. The molecule has 0 fully saturated rings. The lowest BCUT2D eigenvalue weighted by Gasteiger charge is -2.15.